The molecule has 1 saturated carbocycles. The van der Waals surface area contributed by atoms with Crippen LogP contribution >= 0.6 is 0 Å². The van der Waals surface area contributed by atoms with Gasteiger partial charge in [-0.25, -0.2) is 4.98 Å². The van der Waals surface area contributed by atoms with E-state index < -0.39 is 11.4 Å². The molecule has 0 bridgehead atoms. The number of H-pyrrole nitrogens is 1. The second kappa shape index (κ2) is 4.35. The zero-order valence-corrected chi connectivity index (χ0v) is 10.8. The zero-order valence-electron chi connectivity index (χ0n) is 10.8. The summed E-state index contributed by atoms with van der Waals surface area (Å²) in [5.41, 5.74) is 2.18. The fourth-order valence-corrected chi connectivity index (χ4v) is 3.08. The second-order valence-electron chi connectivity index (χ2n) is 5.22. The summed E-state index contributed by atoms with van der Waals surface area (Å²) < 4.78 is 0. The van der Waals surface area contributed by atoms with Gasteiger partial charge in [-0.05, 0) is 37.6 Å². The van der Waals surface area contributed by atoms with Gasteiger partial charge >= 0.3 is 5.97 Å². The van der Waals surface area contributed by atoms with Crippen molar-refractivity contribution in [3.05, 3.63) is 30.1 Å². The largest absolute Gasteiger partial charge is 0.481 e. The number of carboxylic acids is 1. The molecule has 0 saturated heterocycles. The first-order valence-electron chi connectivity index (χ1n) is 6.51. The van der Waals surface area contributed by atoms with Crippen molar-refractivity contribution in [2.24, 2.45) is 5.41 Å². The lowest BCUT2D eigenvalue weighted by Gasteiger charge is -2.44. The van der Waals surface area contributed by atoms with Crippen LogP contribution in [-0.4, -0.2) is 28.1 Å². The molecule has 0 amide bonds. The maximum absolute atomic E-state index is 11.6. The van der Waals surface area contributed by atoms with Gasteiger partial charge in [0.2, 0.25) is 0 Å². The molecular formula is C14H17N3O2. The lowest BCUT2D eigenvalue weighted by Crippen LogP contribution is -2.47. The number of benzene rings is 1. The number of carbonyl (C=O) groups is 1. The van der Waals surface area contributed by atoms with Crippen LogP contribution in [0.25, 0.3) is 11.0 Å². The van der Waals surface area contributed by atoms with Gasteiger partial charge in [0, 0.05) is 6.04 Å². The van der Waals surface area contributed by atoms with E-state index in [4.69, 9.17) is 0 Å². The lowest BCUT2D eigenvalue weighted by atomic mass is 9.62. The summed E-state index contributed by atoms with van der Waals surface area (Å²) in [5.74, 6) is -0.706. The van der Waals surface area contributed by atoms with Gasteiger partial charge in [0.25, 0.3) is 0 Å². The molecule has 5 heteroatoms. The van der Waals surface area contributed by atoms with E-state index in [2.05, 4.69) is 15.3 Å². The van der Waals surface area contributed by atoms with Gasteiger partial charge < -0.3 is 15.4 Å². The fourth-order valence-electron chi connectivity index (χ4n) is 3.08. The van der Waals surface area contributed by atoms with Crippen LogP contribution in [0.15, 0.2) is 24.5 Å². The highest BCUT2D eigenvalue weighted by Crippen LogP contribution is 2.50. The Labute approximate surface area is 111 Å². The van der Waals surface area contributed by atoms with Crippen LogP contribution in [0.1, 0.15) is 30.9 Å². The summed E-state index contributed by atoms with van der Waals surface area (Å²) in [6, 6.07) is 5.73. The third kappa shape index (κ3) is 1.73. The van der Waals surface area contributed by atoms with Crippen molar-refractivity contribution in [2.75, 3.05) is 7.05 Å². The van der Waals surface area contributed by atoms with Crippen molar-refractivity contribution >= 4 is 17.0 Å². The SMILES string of the molecule is CNC(c1ccc2nc[nH]c2c1)C1(C(=O)O)CCC1. The van der Waals surface area contributed by atoms with Gasteiger partial charge in [-0.2, -0.15) is 0 Å². The average molecular weight is 259 g/mol. The second-order valence-corrected chi connectivity index (χ2v) is 5.22. The standard InChI is InChI=1S/C14H17N3O2/c1-15-12(14(13(18)19)5-2-6-14)9-3-4-10-11(7-9)17-8-16-10/h3-4,7-8,12,15H,2,5-6H2,1H3,(H,16,17)(H,18,19). The first kappa shape index (κ1) is 12.2. The highest BCUT2D eigenvalue weighted by atomic mass is 16.4. The fraction of sp³-hybridized carbons (Fsp3) is 0.429. The molecule has 5 nitrogen and oxygen atoms in total. The third-order valence-electron chi connectivity index (χ3n) is 4.29. The van der Waals surface area contributed by atoms with Crippen LogP contribution in [0.4, 0.5) is 0 Å². The molecule has 1 heterocycles. The Hall–Kier alpha value is -1.88. The maximum atomic E-state index is 11.6. The van der Waals surface area contributed by atoms with Crippen LogP contribution in [0.3, 0.4) is 0 Å². The number of aromatic amines is 1. The van der Waals surface area contributed by atoms with Crippen molar-refractivity contribution in [3.8, 4) is 0 Å². The van der Waals surface area contributed by atoms with E-state index >= 15 is 0 Å². The Morgan fingerprint density at radius 2 is 2.32 bits per heavy atom. The van der Waals surface area contributed by atoms with Crippen LogP contribution in [0.5, 0.6) is 0 Å². The Kier molecular flexibility index (Phi) is 2.78. The molecule has 1 aromatic carbocycles. The van der Waals surface area contributed by atoms with E-state index in [9.17, 15) is 9.90 Å². The van der Waals surface area contributed by atoms with Gasteiger partial charge in [-0.3, -0.25) is 4.79 Å². The van der Waals surface area contributed by atoms with Gasteiger partial charge in [-0.1, -0.05) is 12.5 Å². The minimum absolute atomic E-state index is 0.161. The van der Waals surface area contributed by atoms with Crippen LogP contribution in [-0.2, 0) is 4.79 Å². The number of aromatic nitrogens is 2. The van der Waals surface area contributed by atoms with Crippen LogP contribution < -0.4 is 5.32 Å². The maximum Gasteiger partial charge on any atom is 0.311 e. The quantitative estimate of drug-likeness (QED) is 0.785. The van der Waals surface area contributed by atoms with Crippen molar-refractivity contribution in [2.45, 2.75) is 25.3 Å². The topological polar surface area (TPSA) is 78.0 Å². The number of hydrogen-bond acceptors (Lipinski definition) is 3. The number of hydrogen-bond donors (Lipinski definition) is 3. The van der Waals surface area contributed by atoms with Crippen molar-refractivity contribution in [1.29, 1.82) is 0 Å². The molecule has 1 unspecified atom stereocenters. The summed E-state index contributed by atoms with van der Waals surface area (Å²) in [6.07, 6.45) is 4.10. The number of rotatable bonds is 4. The molecule has 1 aromatic heterocycles. The first-order chi connectivity index (χ1) is 9.17. The normalized spacial score (nSPS) is 19.0. The van der Waals surface area contributed by atoms with Crippen molar-refractivity contribution in [3.63, 3.8) is 0 Å². The predicted octanol–water partition coefficient (Wildman–Crippen LogP) is 2.08. The molecule has 0 spiro atoms. The van der Waals surface area contributed by atoms with Crippen molar-refractivity contribution in [1.82, 2.24) is 15.3 Å². The highest BCUT2D eigenvalue weighted by Gasteiger charge is 2.50. The minimum Gasteiger partial charge on any atom is -0.481 e. The number of nitrogens with zero attached hydrogens (tertiary/aromatic N) is 1. The van der Waals surface area contributed by atoms with Gasteiger partial charge in [-0.15, -0.1) is 0 Å². The summed E-state index contributed by atoms with van der Waals surface area (Å²) in [7, 11) is 1.82. The number of aliphatic carboxylic acids is 1. The first-order valence-corrected chi connectivity index (χ1v) is 6.51. The molecule has 1 fully saturated rings. The van der Waals surface area contributed by atoms with E-state index in [1.165, 1.54) is 0 Å². The van der Waals surface area contributed by atoms with Crippen LogP contribution in [0.2, 0.25) is 0 Å². The zero-order chi connectivity index (χ0) is 13.5. The molecule has 0 aliphatic heterocycles. The summed E-state index contributed by atoms with van der Waals surface area (Å²) >= 11 is 0. The molecule has 0 radical (unpaired) electrons. The molecule has 1 atom stereocenters. The van der Waals surface area contributed by atoms with Gasteiger partial charge in [0.05, 0.1) is 22.8 Å². The molecule has 3 rings (SSSR count). The van der Waals surface area contributed by atoms with Crippen molar-refractivity contribution < 1.29 is 9.90 Å². The molecular weight excluding hydrogens is 242 g/mol. The smallest absolute Gasteiger partial charge is 0.311 e. The van der Waals surface area contributed by atoms with E-state index in [0.29, 0.717) is 0 Å². The van der Waals surface area contributed by atoms with Gasteiger partial charge in [0.1, 0.15) is 0 Å². The van der Waals surface area contributed by atoms with E-state index in [1.54, 1.807) is 6.33 Å². The Balaban J connectivity index is 2.03. The number of carboxylic acid groups (broad SMARTS) is 1. The van der Waals surface area contributed by atoms with Crippen LogP contribution in [0, 0.1) is 5.41 Å². The van der Waals surface area contributed by atoms with E-state index in [0.717, 1.165) is 35.9 Å². The third-order valence-corrected chi connectivity index (χ3v) is 4.29. The minimum atomic E-state index is -0.706. The summed E-state index contributed by atoms with van der Waals surface area (Å²) in [4.78, 5) is 18.9. The molecule has 3 N–H and O–H groups in total. The number of imidazole rings is 1. The molecule has 19 heavy (non-hydrogen) atoms. The summed E-state index contributed by atoms with van der Waals surface area (Å²) in [5, 5.41) is 12.7. The van der Waals surface area contributed by atoms with E-state index in [1.807, 2.05) is 25.2 Å². The Morgan fingerprint density at radius 1 is 1.53 bits per heavy atom. The number of fused-ring (bicyclic) bond motifs is 1. The summed E-state index contributed by atoms with van der Waals surface area (Å²) in [6.45, 7) is 0. The predicted molar refractivity (Wildman–Crippen MR) is 71.8 cm³/mol. The Morgan fingerprint density at radius 3 is 2.89 bits per heavy atom. The highest BCUT2D eigenvalue weighted by molar-refractivity contribution is 5.79. The number of nitrogens with one attached hydrogen (secondary N) is 2. The molecule has 100 valence electrons. The van der Waals surface area contributed by atoms with Gasteiger partial charge in [0.15, 0.2) is 0 Å². The lowest BCUT2D eigenvalue weighted by molar-refractivity contribution is -0.157. The molecule has 2 aromatic rings. The monoisotopic (exact) mass is 259 g/mol. The van der Waals surface area contributed by atoms with E-state index in [-0.39, 0.29) is 6.04 Å². The average Bonchev–Trinajstić information content (AvgIpc) is 2.79. The Bertz CT molecular complexity index is 616. The molecule has 1 aliphatic rings. The molecule has 1 aliphatic carbocycles.